The number of hydrogen-bond acceptors (Lipinski definition) is 3. The Hall–Kier alpha value is -3.42. The van der Waals surface area contributed by atoms with Crippen LogP contribution in [-0.2, 0) is 24.3 Å². The van der Waals surface area contributed by atoms with E-state index in [9.17, 15) is 18.8 Å². The summed E-state index contributed by atoms with van der Waals surface area (Å²) in [6.45, 7) is 0.388. The minimum absolute atomic E-state index is 0.0363. The molecule has 4 rings (SSSR count). The zero-order valence-electron chi connectivity index (χ0n) is 18.6. The number of para-hydroxylation sites is 1. The molecule has 1 heterocycles. The van der Waals surface area contributed by atoms with Gasteiger partial charge < -0.3 is 5.32 Å². The van der Waals surface area contributed by atoms with Crippen LogP contribution in [0.4, 0.5) is 4.39 Å². The highest BCUT2D eigenvalue weighted by molar-refractivity contribution is 6.31. The predicted octanol–water partition coefficient (Wildman–Crippen LogP) is 4.41. The molecule has 0 aliphatic carbocycles. The molecule has 35 heavy (non-hydrogen) atoms. The summed E-state index contributed by atoms with van der Waals surface area (Å²) >= 11 is 12.1. The number of fused-ring (bicyclic) bond motifs is 1. The van der Waals surface area contributed by atoms with Crippen molar-refractivity contribution in [2.24, 2.45) is 0 Å². The van der Waals surface area contributed by atoms with E-state index in [1.165, 1.54) is 22.8 Å². The lowest BCUT2D eigenvalue weighted by atomic mass is 10.1. The van der Waals surface area contributed by atoms with Crippen LogP contribution in [0.15, 0.2) is 76.3 Å². The molecule has 0 spiro atoms. The second kappa shape index (κ2) is 10.9. The van der Waals surface area contributed by atoms with Crippen LogP contribution in [-0.4, -0.2) is 21.6 Å². The van der Waals surface area contributed by atoms with Gasteiger partial charge in [-0.2, -0.15) is 0 Å². The summed E-state index contributed by atoms with van der Waals surface area (Å²) in [6.07, 6.45) is 0.593. The maximum atomic E-state index is 13.5. The van der Waals surface area contributed by atoms with Crippen molar-refractivity contribution >= 4 is 40.0 Å². The number of nitrogens with one attached hydrogen (secondary N) is 1. The van der Waals surface area contributed by atoms with Crippen molar-refractivity contribution < 1.29 is 9.18 Å². The zero-order valence-corrected chi connectivity index (χ0v) is 20.2. The van der Waals surface area contributed by atoms with Crippen molar-refractivity contribution in [3.63, 3.8) is 0 Å². The van der Waals surface area contributed by atoms with E-state index in [-0.39, 0.29) is 30.4 Å². The molecular formula is C26H22Cl2FN3O3. The first-order valence-corrected chi connectivity index (χ1v) is 11.8. The molecule has 1 N–H and O–H groups in total. The van der Waals surface area contributed by atoms with E-state index in [1.54, 1.807) is 36.4 Å². The molecule has 0 radical (unpaired) electrons. The van der Waals surface area contributed by atoms with Gasteiger partial charge in [0.15, 0.2) is 0 Å². The molecule has 180 valence electrons. The van der Waals surface area contributed by atoms with Gasteiger partial charge in [-0.25, -0.2) is 9.18 Å². The van der Waals surface area contributed by atoms with Crippen LogP contribution in [0.5, 0.6) is 0 Å². The Labute approximate surface area is 210 Å². The molecular weight excluding hydrogens is 492 g/mol. The van der Waals surface area contributed by atoms with Crippen LogP contribution < -0.4 is 16.6 Å². The maximum absolute atomic E-state index is 13.5. The lowest BCUT2D eigenvalue weighted by molar-refractivity contribution is -0.121. The fourth-order valence-electron chi connectivity index (χ4n) is 3.84. The summed E-state index contributed by atoms with van der Waals surface area (Å²) in [6, 6.07) is 18.0. The van der Waals surface area contributed by atoms with Crippen LogP contribution in [0.25, 0.3) is 10.9 Å². The molecule has 0 atom stereocenters. The third kappa shape index (κ3) is 5.81. The van der Waals surface area contributed by atoms with Crippen molar-refractivity contribution in [1.29, 1.82) is 0 Å². The first-order valence-electron chi connectivity index (χ1n) is 11.0. The van der Waals surface area contributed by atoms with Crippen molar-refractivity contribution in [2.45, 2.75) is 25.9 Å². The Kier molecular flexibility index (Phi) is 7.68. The van der Waals surface area contributed by atoms with Crippen LogP contribution >= 0.6 is 23.2 Å². The molecule has 3 aromatic carbocycles. The Bertz CT molecular complexity index is 1500. The number of nitrogens with zero attached hydrogens (tertiary/aromatic N) is 2. The summed E-state index contributed by atoms with van der Waals surface area (Å²) in [5.74, 6) is -0.755. The lowest BCUT2D eigenvalue weighted by Crippen LogP contribution is -2.41. The molecule has 0 aliphatic heterocycles. The number of amides is 1. The van der Waals surface area contributed by atoms with Gasteiger partial charge in [-0.05, 0) is 53.9 Å². The van der Waals surface area contributed by atoms with Gasteiger partial charge in [0.1, 0.15) is 5.82 Å². The van der Waals surface area contributed by atoms with Crippen LogP contribution in [0.2, 0.25) is 10.0 Å². The number of aromatic nitrogens is 2. The second-order valence-corrected chi connectivity index (χ2v) is 8.90. The quantitative estimate of drug-likeness (QED) is 0.379. The van der Waals surface area contributed by atoms with Gasteiger partial charge >= 0.3 is 5.69 Å². The monoisotopic (exact) mass is 513 g/mol. The number of carbonyl (C=O) groups is 1. The third-order valence-corrected chi connectivity index (χ3v) is 6.29. The van der Waals surface area contributed by atoms with Gasteiger partial charge in [-0.3, -0.25) is 18.7 Å². The molecule has 6 nitrogen and oxygen atoms in total. The van der Waals surface area contributed by atoms with Crippen LogP contribution in [0.1, 0.15) is 17.5 Å². The van der Waals surface area contributed by atoms with Crippen LogP contribution in [0.3, 0.4) is 0 Å². The van der Waals surface area contributed by atoms with E-state index < -0.39 is 17.1 Å². The molecule has 9 heteroatoms. The predicted molar refractivity (Wildman–Crippen MR) is 136 cm³/mol. The summed E-state index contributed by atoms with van der Waals surface area (Å²) in [5, 5.41) is 3.98. The number of benzene rings is 3. The summed E-state index contributed by atoms with van der Waals surface area (Å²) < 4.78 is 15.9. The molecule has 0 unspecified atom stereocenters. The van der Waals surface area contributed by atoms with Gasteiger partial charge in [-0.15, -0.1) is 0 Å². The Morgan fingerprint density at radius 2 is 1.69 bits per heavy atom. The molecule has 0 fully saturated rings. The first kappa shape index (κ1) is 24.7. The minimum Gasteiger partial charge on any atom is -0.356 e. The van der Waals surface area contributed by atoms with E-state index in [2.05, 4.69) is 5.32 Å². The molecule has 0 saturated heterocycles. The second-order valence-electron chi connectivity index (χ2n) is 8.05. The van der Waals surface area contributed by atoms with Crippen molar-refractivity contribution in [3.8, 4) is 0 Å². The minimum atomic E-state index is -0.567. The Balaban J connectivity index is 1.53. The average Bonchev–Trinajstić information content (AvgIpc) is 2.84. The largest absolute Gasteiger partial charge is 0.356 e. The van der Waals surface area contributed by atoms with E-state index >= 15 is 0 Å². The molecule has 4 aromatic rings. The first-order chi connectivity index (χ1) is 16.8. The lowest BCUT2D eigenvalue weighted by Gasteiger charge is -2.15. The number of hydrogen-bond donors (Lipinski definition) is 1. The van der Waals surface area contributed by atoms with Gasteiger partial charge in [0.05, 0.1) is 17.4 Å². The van der Waals surface area contributed by atoms with Crippen molar-refractivity contribution in [2.75, 3.05) is 6.54 Å². The number of carbonyl (C=O) groups excluding carboxylic acids is 1. The molecule has 1 amide bonds. The zero-order chi connectivity index (χ0) is 24.9. The fourth-order valence-corrected chi connectivity index (χ4v) is 4.19. The molecule has 0 bridgehead atoms. The summed E-state index contributed by atoms with van der Waals surface area (Å²) in [4.78, 5) is 38.7. The maximum Gasteiger partial charge on any atom is 0.331 e. The van der Waals surface area contributed by atoms with Crippen LogP contribution in [0, 0.1) is 5.82 Å². The SMILES string of the molecule is O=C(CCn1c(=O)c2ccccc2n(Cc2ccc(F)cc2Cl)c1=O)NCCc1ccc(Cl)cc1. The van der Waals surface area contributed by atoms with Gasteiger partial charge in [-0.1, -0.05) is 53.5 Å². The van der Waals surface area contributed by atoms with E-state index in [4.69, 9.17) is 23.2 Å². The van der Waals surface area contributed by atoms with E-state index in [0.29, 0.717) is 34.5 Å². The standard InChI is InChI=1S/C26H22Cl2FN3O3/c27-19-8-5-17(6-9-19)11-13-30-24(33)12-14-31-25(34)21-3-1-2-4-23(21)32(26(31)35)16-18-7-10-20(29)15-22(18)28/h1-10,15H,11-14,16H2,(H,30,33). The highest BCUT2D eigenvalue weighted by Crippen LogP contribution is 2.19. The smallest absolute Gasteiger partial charge is 0.331 e. The normalized spacial score (nSPS) is 11.1. The number of rotatable bonds is 8. The fraction of sp³-hybridized carbons (Fsp3) is 0.192. The molecule has 0 aliphatic rings. The van der Waals surface area contributed by atoms with E-state index in [0.717, 1.165) is 10.1 Å². The van der Waals surface area contributed by atoms with E-state index in [1.807, 2.05) is 12.1 Å². The van der Waals surface area contributed by atoms with Gasteiger partial charge in [0.25, 0.3) is 5.56 Å². The topological polar surface area (TPSA) is 73.1 Å². The Morgan fingerprint density at radius 1 is 0.943 bits per heavy atom. The average molecular weight is 514 g/mol. The highest BCUT2D eigenvalue weighted by atomic mass is 35.5. The highest BCUT2D eigenvalue weighted by Gasteiger charge is 2.15. The molecule has 1 aromatic heterocycles. The Morgan fingerprint density at radius 3 is 2.43 bits per heavy atom. The summed E-state index contributed by atoms with van der Waals surface area (Å²) in [7, 11) is 0. The third-order valence-electron chi connectivity index (χ3n) is 5.69. The summed E-state index contributed by atoms with van der Waals surface area (Å²) in [5.41, 5.74) is 0.962. The van der Waals surface area contributed by atoms with Crippen molar-refractivity contribution in [1.82, 2.24) is 14.5 Å². The number of halogens is 3. The molecule has 0 saturated carbocycles. The van der Waals surface area contributed by atoms with Gasteiger partial charge in [0, 0.05) is 29.6 Å². The van der Waals surface area contributed by atoms with Crippen molar-refractivity contribution in [3.05, 3.63) is 115 Å². The van der Waals surface area contributed by atoms with Gasteiger partial charge in [0.2, 0.25) is 5.91 Å².